The number of aromatic nitrogens is 1. The van der Waals surface area contributed by atoms with Crippen LogP contribution in [-0.4, -0.2) is 11.2 Å². The molecule has 1 aromatic heterocycles. The predicted molar refractivity (Wildman–Crippen MR) is 86.1 cm³/mol. The number of rotatable bonds is 5. The molecule has 0 unspecified atom stereocenters. The van der Waals surface area contributed by atoms with Crippen LogP contribution >= 0.6 is 11.6 Å². The van der Waals surface area contributed by atoms with E-state index in [1.807, 2.05) is 32.0 Å². The fourth-order valence-corrected chi connectivity index (χ4v) is 2.33. The zero-order valence-electron chi connectivity index (χ0n) is 12.7. The maximum Gasteiger partial charge on any atom is 0.212 e. The summed E-state index contributed by atoms with van der Waals surface area (Å²) < 4.78 is 7.13. The van der Waals surface area contributed by atoms with Crippen LogP contribution in [0.5, 0.6) is 5.75 Å². The van der Waals surface area contributed by atoms with Crippen molar-refractivity contribution in [3.8, 4) is 17.0 Å². The topological polar surface area (TPSA) is 31.2 Å². The molecule has 0 bridgehead atoms. The monoisotopic (exact) mass is 391 g/mol. The number of benzene rings is 1. The first-order valence-electron chi connectivity index (χ1n) is 6.74. The Labute approximate surface area is 160 Å². The van der Waals surface area contributed by atoms with Crippen molar-refractivity contribution in [3.63, 3.8) is 0 Å². The Bertz CT molecular complexity index is 725. The summed E-state index contributed by atoms with van der Waals surface area (Å²) in [5.41, 5.74) is 2.49. The Kier molecular flexibility index (Phi) is 7.54. The zero-order valence-corrected chi connectivity index (χ0v) is 16.3. The van der Waals surface area contributed by atoms with Gasteiger partial charge in [0.15, 0.2) is 0 Å². The van der Waals surface area contributed by atoms with Gasteiger partial charge in [-0.15, -0.1) is 6.07 Å². The Morgan fingerprint density at radius 1 is 1.45 bits per heavy atom. The van der Waals surface area contributed by atoms with Gasteiger partial charge in [0.25, 0.3) is 0 Å². The molecule has 5 heteroatoms. The predicted octanol–water partition coefficient (Wildman–Crippen LogP) is 3.86. The number of hydrogen-bond donors (Lipinski definition) is 0. The third kappa shape index (κ3) is 4.09. The van der Waals surface area contributed by atoms with Gasteiger partial charge in [0.1, 0.15) is 12.4 Å². The minimum atomic E-state index is -0.195. The fraction of sp³-hybridized carbons (Fsp3) is 0.235. The first-order chi connectivity index (χ1) is 10.1. The van der Waals surface area contributed by atoms with Crippen molar-refractivity contribution < 1.29 is 37.4 Å². The summed E-state index contributed by atoms with van der Waals surface area (Å²) in [7, 11) is 0. The molecule has 2 rings (SSSR count). The van der Waals surface area contributed by atoms with E-state index in [-0.39, 0.29) is 43.3 Å². The van der Waals surface area contributed by atoms with Crippen LogP contribution in [0.2, 0.25) is 5.02 Å². The van der Waals surface area contributed by atoms with Gasteiger partial charge in [0.2, 0.25) is 5.56 Å². The molecule has 1 aromatic carbocycles. The van der Waals surface area contributed by atoms with Gasteiger partial charge in [0.05, 0.1) is 0 Å². The standard InChI is InChI=1S/C17H17ClNO2.Y/c1-4-10-21-13-6-7-14(12(3)11-13)16-9-8-15(18)17(20)19(16)5-2;/h4,6-8,11H,1,5,10H2,2-3H3;/q-1;. The van der Waals surface area contributed by atoms with E-state index < -0.39 is 0 Å². The molecule has 0 fully saturated rings. The molecule has 0 N–H and O–H groups in total. The normalized spacial score (nSPS) is 9.95. The van der Waals surface area contributed by atoms with Crippen LogP contribution in [0.4, 0.5) is 0 Å². The van der Waals surface area contributed by atoms with Crippen molar-refractivity contribution in [1.82, 2.24) is 4.57 Å². The van der Waals surface area contributed by atoms with Crippen LogP contribution in [-0.2, 0) is 39.3 Å². The summed E-state index contributed by atoms with van der Waals surface area (Å²) in [5.74, 6) is 0.774. The van der Waals surface area contributed by atoms with E-state index >= 15 is 0 Å². The van der Waals surface area contributed by atoms with Crippen molar-refractivity contribution in [1.29, 1.82) is 0 Å². The van der Waals surface area contributed by atoms with Gasteiger partial charge < -0.3 is 9.30 Å². The minimum Gasteiger partial charge on any atom is -0.490 e. The Balaban J connectivity index is 0.00000242. The van der Waals surface area contributed by atoms with Crippen LogP contribution in [0.25, 0.3) is 11.3 Å². The molecular weight excluding hydrogens is 375 g/mol. The van der Waals surface area contributed by atoms with Gasteiger partial charge >= 0.3 is 0 Å². The molecule has 0 amide bonds. The van der Waals surface area contributed by atoms with Crippen LogP contribution in [0.3, 0.4) is 0 Å². The number of pyridine rings is 1. The first-order valence-corrected chi connectivity index (χ1v) is 7.12. The Morgan fingerprint density at radius 2 is 2.18 bits per heavy atom. The van der Waals surface area contributed by atoms with E-state index in [0.29, 0.717) is 13.2 Å². The summed E-state index contributed by atoms with van der Waals surface area (Å²) in [5, 5.41) is 0.184. The molecule has 0 aliphatic heterocycles. The average Bonchev–Trinajstić information content (AvgIpc) is 2.48. The van der Waals surface area contributed by atoms with Gasteiger partial charge in [-0.25, -0.2) is 0 Å². The number of aryl methyl sites for hydroxylation is 1. The molecule has 1 radical (unpaired) electrons. The van der Waals surface area contributed by atoms with Gasteiger partial charge in [-0.3, -0.25) is 4.79 Å². The smallest absolute Gasteiger partial charge is 0.212 e. The summed E-state index contributed by atoms with van der Waals surface area (Å²) >= 11 is 5.88. The van der Waals surface area contributed by atoms with Gasteiger partial charge in [0, 0.05) is 44.3 Å². The maximum atomic E-state index is 12.1. The zero-order chi connectivity index (χ0) is 15.4. The van der Waals surface area contributed by atoms with Crippen molar-refractivity contribution in [2.75, 3.05) is 6.61 Å². The van der Waals surface area contributed by atoms with Crippen LogP contribution in [0.15, 0.2) is 41.7 Å². The second kappa shape index (κ2) is 8.66. The third-order valence-electron chi connectivity index (χ3n) is 3.19. The fourth-order valence-electron chi connectivity index (χ4n) is 2.17. The largest absolute Gasteiger partial charge is 0.490 e. The molecule has 3 nitrogen and oxygen atoms in total. The molecular formula is C17H17ClNO2Y-. The molecule has 113 valence electrons. The molecule has 0 spiro atoms. The molecule has 0 saturated carbocycles. The van der Waals surface area contributed by atoms with E-state index in [1.54, 1.807) is 10.6 Å². The van der Waals surface area contributed by atoms with Crippen LogP contribution in [0.1, 0.15) is 12.5 Å². The summed E-state index contributed by atoms with van der Waals surface area (Å²) in [4.78, 5) is 12.1. The molecule has 2 aromatic rings. The Hall–Kier alpha value is -0.896. The third-order valence-corrected chi connectivity index (χ3v) is 3.46. The van der Waals surface area contributed by atoms with Crippen molar-refractivity contribution in [2.45, 2.75) is 20.4 Å². The maximum absolute atomic E-state index is 12.1. The number of hydrogen-bond acceptors (Lipinski definition) is 2. The molecule has 1 heterocycles. The second-order valence-corrected chi connectivity index (χ2v) is 5.02. The van der Waals surface area contributed by atoms with Gasteiger partial charge in [-0.1, -0.05) is 36.4 Å². The first kappa shape index (κ1) is 19.2. The van der Waals surface area contributed by atoms with Crippen molar-refractivity contribution >= 4 is 11.6 Å². The number of nitrogens with zero attached hydrogens (tertiary/aromatic N) is 1. The van der Waals surface area contributed by atoms with E-state index in [4.69, 9.17) is 16.3 Å². The average molecular weight is 392 g/mol. The summed E-state index contributed by atoms with van der Waals surface area (Å²) in [6, 6.07) is 10.4. The summed E-state index contributed by atoms with van der Waals surface area (Å²) in [6.45, 7) is 8.51. The molecule has 0 atom stereocenters. The van der Waals surface area contributed by atoms with Crippen LogP contribution < -0.4 is 10.3 Å². The molecule has 0 aliphatic carbocycles. The number of halogens is 1. The molecule has 0 aliphatic rings. The van der Waals surface area contributed by atoms with Crippen molar-refractivity contribution in [3.05, 3.63) is 63.9 Å². The van der Waals surface area contributed by atoms with Crippen LogP contribution in [0, 0.1) is 13.0 Å². The van der Waals surface area contributed by atoms with E-state index in [0.717, 1.165) is 22.6 Å². The van der Waals surface area contributed by atoms with E-state index in [2.05, 4.69) is 12.6 Å². The number of ether oxygens (including phenoxy) is 1. The quantitative estimate of drug-likeness (QED) is 0.572. The van der Waals surface area contributed by atoms with Gasteiger partial charge in [-0.05, 0) is 19.1 Å². The minimum absolute atomic E-state index is 0. The van der Waals surface area contributed by atoms with E-state index in [9.17, 15) is 4.79 Å². The summed E-state index contributed by atoms with van der Waals surface area (Å²) in [6.07, 6.45) is 1.70. The second-order valence-electron chi connectivity index (χ2n) is 4.61. The molecule has 22 heavy (non-hydrogen) atoms. The van der Waals surface area contributed by atoms with Crippen molar-refractivity contribution in [2.24, 2.45) is 0 Å². The van der Waals surface area contributed by atoms with Gasteiger partial charge in [-0.2, -0.15) is 23.7 Å². The Morgan fingerprint density at radius 3 is 2.77 bits per heavy atom. The van der Waals surface area contributed by atoms with E-state index in [1.165, 1.54) is 6.07 Å². The SMILES string of the molecule is C=CCOc1ccc(-c2[c-]cc(Cl)c(=O)n2CC)c(C)c1.[Y]. The molecule has 0 saturated heterocycles.